The summed E-state index contributed by atoms with van der Waals surface area (Å²) >= 11 is 7.50. The monoisotopic (exact) mass is 383 g/mol. The van der Waals surface area contributed by atoms with Gasteiger partial charge in [-0.3, -0.25) is 4.79 Å². The smallest absolute Gasteiger partial charge is 0.262 e. The van der Waals surface area contributed by atoms with Crippen molar-refractivity contribution < 1.29 is 13.2 Å². The van der Waals surface area contributed by atoms with E-state index in [0.717, 1.165) is 5.56 Å². The number of amidine groups is 1. The number of aliphatic imine (C=N–C) groups is 1. The van der Waals surface area contributed by atoms with Crippen LogP contribution in [0.5, 0.6) is 0 Å². The Balaban J connectivity index is 1.91. The molecule has 2 saturated heterocycles. The molecule has 0 aromatic heterocycles. The molecule has 2 atom stereocenters. The first kappa shape index (κ1) is 17.3. The Kier molecular flexibility index (Phi) is 4.85. The van der Waals surface area contributed by atoms with Crippen LogP contribution in [-0.2, 0) is 21.2 Å². The number of sulfone groups is 1. The molecule has 1 aromatic carbocycles. The molecule has 0 aliphatic carbocycles. The number of nitrogens with zero attached hydrogens (tertiary/aromatic N) is 3. The van der Waals surface area contributed by atoms with Crippen molar-refractivity contribution in [1.29, 1.82) is 5.26 Å². The second kappa shape index (κ2) is 6.75. The summed E-state index contributed by atoms with van der Waals surface area (Å²) in [4.78, 5) is 17.6. The lowest BCUT2D eigenvalue weighted by atomic mass is 10.1. The van der Waals surface area contributed by atoms with Crippen LogP contribution in [0.2, 0.25) is 5.02 Å². The van der Waals surface area contributed by atoms with Crippen molar-refractivity contribution in [3.63, 3.8) is 0 Å². The summed E-state index contributed by atoms with van der Waals surface area (Å²) in [6.07, 6.45) is -0.294. The minimum absolute atomic E-state index is 0.0422. The molecule has 0 unspecified atom stereocenters. The average Bonchev–Trinajstić information content (AvgIpc) is 2.94. The Hall–Kier alpha value is -1.56. The fourth-order valence-electron chi connectivity index (χ4n) is 2.84. The number of benzene rings is 1. The fraction of sp³-hybridized carbons (Fsp3) is 0.400. The maximum Gasteiger partial charge on any atom is 0.262 e. The maximum absolute atomic E-state index is 11.9. The van der Waals surface area contributed by atoms with E-state index in [1.54, 1.807) is 12.1 Å². The molecule has 1 amide bonds. The molecule has 0 N–H and O–H groups in total. The van der Waals surface area contributed by atoms with Gasteiger partial charge in [-0.05, 0) is 11.6 Å². The summed E-state index contributed by atoms with van der Waals surface area (Å²) in [7, 11) is -3.09. The molecular weight excluding hydrogens is 370 g/mol. The molecular formula is C15H14ClN3O3S2. The first-order valence-electron chi connectivity index (χ1n) is 7.25. The lowest BCUT2D eigenvalue weighted by molar-refractivity contribution is -0.116. The summed E-state index contributed by atoms with van der Waals surface area (Å²) in [5.41, 5.74) is 0.838. The summed E-state index contributed by atoms with van der Waals surface area (Å²) < 4.78 is 23.8. The van der Waals surface area contributed by atoms with E-state index in [1.807, 2.05) is 23.1 Å². The van der Waals surface area contributed by atoms with Crippen molar-refractivity contribution in [1.82, 2.24) is 4.90 Å². The van der Waals surface area contributed by atoms with Gasteiger partial charge in [0.05, 0.1) is 23.6 Å². The van der Waals surface area contributed by atoms with E-state index < -0.39 is 15.7 Å². The molecule has 2 fully saturated rings. The van der Waals surface area contributed by atoms with E-state index in [2.05, 4.69) is 4.99 Å². The zero-order valence-electron chi connectivity index (χ0n) is 12.6. The molecule has 126 valence electrons. The van der Waals surface area contributed by atoms with Gasteiger partial charge in [-0.1, -0.05) is 41.6 Å². The second-order valence-electron chi connectivity index (χ2n) is 5.64. The molecule has 2 heterocycles. The van der Waals surface area contributed by atoms with E-state index in [1.165, 1.54) is 11.8 Å². The van der Waals surface area contributed by atoms with Crippen LogP contribution in [0, 0.1) is 11.3 Å². The van der Waals surface area contributed by atoms with Crippen LogP contribution >= 0.6 is 23.4 Å². The van der Waals surface area contributed by atoms with Gasteiger partial charge in [-0.25, -0.2) is 8.42 Å². The molecule has 2 aliphatic heterocycles. The van der Waals surface area contributed by atoms with E-state index in [0.29, 0.717) is 16.7 Å². The molecule has 9 heteroatoms. The molecule has 0 saturated carbocycles. The highest BCUT2D eigenvalue weighted by Crippen LogP contribution is 2.39. The minimum Gasteiger partial charge on any atom is -0.342 e. The fourth-order valence-corrected chi connectivity index (χ4v) is 7.01. The van der Waals surface area contributed by atoms with Gasteiger partial charge in [-0.15, -0.1) is 0 Å². The Bertz CT molecular complexity index is 848. The van der Waals surface area contributed by atoms with Gasteiger partial charge < -0.3 is 4.90 Å². The van der Waals surface area contributed by atoms with Crippen LogP contribution < -0.4 is 0 Å². The highest BCUT2D eigenvalue weighted by molar-refractivity contribution is 8.15. The molecule has 1 aromatic rings. The SMILES string of the molecule is N#CCC(=O)N=C1S[C@@H]2CS(=O)(=O)C[C@@H]2N1Cc1ccccc1Cl. The van der Waals surface area contributed by atoms with Gasteiger partial charge in [0.2, 0.25) is 0 Å². The molecule has 0 radical (unpaired) electrons. The quantitative estimate of drug-likeness (QED) is 0.791. The molecule has 0 spiro atoms. The van der Waals surface area contributed by atoms with Crippen LogP contribution in [0.25, 0.3) is 0 Å². The van der Waals surface area contributed by atoms with E-state index in [-0.39, 0.29) is 29.2 Å². The zero-order chi connectivity index (χ0) is 17.3. The van der Waals surface area contributed by atoms with Crippen molar-refractivity contribution in [2.45, 2.75) is 24.3 Å². The van der Waals surface area contributed by atoms with Crippen LogP contribution in [0.1, 0.15) is 12.0 Å². The number of carbonyl (C=O) groups is 1. The van der Waals surface area contributed by atoms with Crippen molar-refractivity contribution in [2.75, 3.05) is 11.5 Å². The van der Waals surface area contributed by atoms with Crippen LogP contribution in [0.15, 0.2) is 29.3 Å². The summed E-state index contributed by atoms with van der Waals surface area (Å²) in [6.45, 7) is 0.377. The first-order chi connectivity index (χ1) is 11.4. The zero-order valence-corrected chi connectivity index (χ0v) is 14.9. The van der Waals surface area contributed by atoms with Crippen LogP contribution in [-0.4, -0.2) is 47.2 Å². The van der Waals surface area contributed by atoms with Crippen LogP contribution in [0.3, 0.4) is 0 Å². The number of hydrogen-bond donors (Lipinski definition) is 0. The lowest BCUT2D eigenvalue weighted by Gasteiger charge is -2.24. The van der Waals surface area contributed by atoms with Crippen molar-refractivity contribution in [2.24, 2.45) is 4.99 Å². The molecule has 24 heavy (non-hydrogen) atoms. The maximum atomic E-state index is 11.9. The number of nitriles is 1. The average molecular weight is 384 g/mol. The highest BCUT2D eigenvalue weighted by atomic mass is 35.5. The molecule has 0 bridgehead atoms. The second-order valence-corrected chi connectivity index (χ2v) is 9.41. The number of carbonyl (C=O) groups excluding carboxylic acids is 1. The predicted molar refractivity (Wildman–Crippen MR) is 93.5 cm³/mol. The van der Waals surface area contributed by atoms with Gasteiger partial charge in [0.25, 0.3) is 5.91 Å². The third kappa shape index (κ3) is 3.58. The van der Waals surface area contributed by atoms with Crippen molar-refractivity contribution in [3.8, 4) is 6.07 Å². The van der Waals surface area contributed by atoms with E-state index in [4.69, 9.17) is 16.9 Å². The number of halogens is 1. The first-order valence-corrected chi connectivity index (χ1v) is 10.3. The number of fused-ring (bicyclic) bond motifs is 1. The summed E-state index contributed by atoms with van der Waals surface area (Å²) in [5.74, 6) is -0.403. The van der Waals surface area contributed by atoms with Gasteiger partial charge in [0.15, 0.2) is 15.0 Å². The topological polar surface area (TPSA) is 90.6 Å². The Morgan fingerprint density at radius 1 is 1.42 bits per heavy atom. The lowest BCUT2D eigenvalue weighted by Crippen LogP contribution is -2.37. The molecule has 3 rings (SSSR count). The summed E-state index contributed by atoms with van der Waals surface area (Å²) in [5, 5.41) is 9.52. The van der Waals surface area contributed by atoms with Crippen molar-refractivity contribution in [3.05, 3.63) is 34.9 Å². The molecule has 2 aliphatic rings. The van der Waals surface area contributed by atoms with E-state index >= 15 is 0 Å². The number of hydrogen-bond acceptors (Lipinski definition) is 5. The number of thioether (sulfide) groups is 1. The van der Waals surface area contributed by atoms with Crippen LogP contribution in [0.4, 0.5) is 0 Å². The third-order valence-electron chi connectivity index (χ3n) is 3.92. The minimum atomic E-state index is -3.09. The Morgan fingerprint density at radius 3 is 2.88 bits per heavy atom. The normalized spacial score (nSPS) is 26.3. The number of amides is 1. The number of rotatable bonds is 3. The van der Waals surface area contributed by atoms with E-state index in [9.17, 15) is 13.2 Å². The van der Waals surface area contributed by atoms with Crippen molar-refractivity contribution >= 4 is 44.3 Å². The third-order valence-corrected chi connectivity index (χ3v) is 7.54. The van der Waals surface area contributed by atoms with Gasteiger partial charge in [0.1, 0.15) is 6.42 Å². The Morgan fingerprint density at radius 2 is 2.17 bits per heavy atom. The molecule has 6 nitrogen and oxygen atoms in total. The van der Waals surface area contributed by atoms with Gasteiger partial charge >= 0.3 is 0 Å². The standard InChI is InChI=1S/C15H14ClN3O3S2/c16-11-4-2-1-3-10(11)7-19-12-8-24(21,22)9-13(12)23-15(19)18-14(20)5-6-17/h1-4,12-13H,5,7-9H2/t12-,13+/m0/s1. The summed E-state index contributed by atoms with van der Waals surface area (Å²) in [6, 6.07) is 8.84. The predicted octanol–water partition coefficient (Wildman–Crippen LogP) is 1.85. The largest absolute Gasteiger partial charge is 0.342 e. The van der Waals surface area contributed by atoms with Gasteiger partial charge in [0, 0.05) is 16.8 Å². The Labute approximate surface area is 149 Å². The van der Waals surface area contributed by atoms with Gasteiger partial charge in [-0.2, -0.15) is 10.3 Å². The highest BCUT2D eigenvalue weighted by Gasteiger charge is 2.48.